The van der Waals surface area contributed by atoms with Crippen molar-refractivity contribution in [2.75, 3.05) is 32.1 Å². The monoisotopic (exact) mass is 373 g/mol. The van der Waals surface area contributed by atoms with Gasteiger partial charge in [-0.15, -0.1) is 0 Å². The summed E-state index contributed by atoms with van der Waals surface area (Å²) in [7, 11) is 3.58. The van der Waals surface area contributed by atoms with Crippen LogP contribution in [0, 0.1) is 5.92 Å². The Labute approximate surface area is 159 Å². The van der Waals surface area contributed by atoms with E-state index in [1.165, 1.54) is 0 Å². The molecule has 0 saturated carbocycles. The summed E-state index contributed by atoms with van der Waals surface area (Å²) >= 11 is 0. The van der Waals surface area contributed by atoms with Crippen LogP contribution in [0.15, 0.2) is 22.9 Å². The lowest BCUT2D eigenvalue weighted by Crippen LogP contribution is -2.42. The maximum atomic E-state index is 12.3. The normalized spacial score (nSPS) is 17.6. The molecule has 8 heteroatoms. The van der Waals surface area contributed by atoms with Crippen molar-refractivity contribution in [3.8, 4) is 11.5 Å². The van der Waals surface area contributed by atoms with Crippen molar-refractivity contribution >= 4 is 11.7 Å². The summed E-state index contributed by atoms with van der Waals surface area (Å²) < 4.78 is 10.2. The third-order valence-corrected chi connectivity index (χ3v) is 4.67. The van der Waals surface area contributed by atoms with Crippen LogP contribution in [0.2, 0.25) is 0 Å². The highest BCUT2D eigenvalue weighted by atomic mass is 16.5. The third-order valence-electron chi connectivity index (χ3n) is 4.67. The minimum absolute atomic E-state index is 0.129. The molecular formula is C19H27N5O3. The van der Waals surface area contributed by atoms with E-state index >= 15 is 0 Å². The van der Waals surface area contributed by atoms with Gasteiger partial charge in [-0.2, -0.15) is 4.98 Å². The molecule has 3 heterocycles. The van der Waals surface area contributed by atoms with Crippen LogP contribution < -0.4 is 4.90 Å². The molecule has 0 aliphatic carbocycles. The molecule has 8 nitrogen and oxygen atoms in total. The molecule has 1 saturated heterocycles. The average molecular weight is 373 g/mol. The second-order valence-corrected chi connectivity index (χ2v) is 7.98. The van der Waals surface area contributed by atoms with Crippen molar-refractivity contribution in [1.29, 1.82) is 0 Å². The number of pyridine rings is 1. The van der Waals surface area contributed by atoms with Gasteiger partial charge in [0.05, 0.1) is 5.56 Å². The van der Waals surface area contributed by atoms with E-state index in [2.05, 4.69) is 40.8 Å². The van der Waals surface area contributed by atoms with Gasteiger partial charge >= 0.3 is 0 Å². The molecule has 1 aliphatic heterocycles. The van der Waals surface area contributed by atoms with Crippen molar-refractivity contribution in [2.24, 2.45) is 5.92 Å². The molecule has 27 heavy (non-hydrogen) atoms. The number of likely N-dealkylation sites (tertiary alicyclic amines) is 1. The number of carbonyl (C=O) groups excluding carboxylic acids is 1. The Morgan fingerprint density at radius 3 is 2.74 bits per heavy atom. The maximum absolute atomic E-state index is 12.3. The van der Waals surface area contributed by atoms with E-state index in [9.17, 15) is 4.79 Å². The van der Waals surface area contributed by atoms with Gasteiger partial charge in [0.25, 0.3) is 5.89 Å². The van der Waals surface area contributed by atoms with Gasteiger partial charge in [0.15, 0.2) is 5.82 Å². The second kappa shape index (κ2) is 7.64. The van der Waals surface area contributed by atoms with Crippen LogP contribution in [-0.4, -0.2) is 58.7 Å². The minimum Gasteiger partial charge on any atom is -0.377 e. The quantitative estimate of drug-likeness (QED) is 0.768. The van der Waals surface area contributed by atoms with Crippen LogP contribution >= 0.6 is 0 Å². The molecule has 1 atom stereocenters. The molecule has 0 spiro atoms. The number of carbonyl (C=O) groups is 1. The van der Waals surface area contributed by atoms with E-state index in [1.54, 1.807) is 13.3 Å². The predicted octanol–water partition coefficient (Wildman–Crippen LogP) is 2.36. The third kappa shape index (κ3) is 4.44. The first kappa shape index (κ1) is 19.3. The predicted molar refractivity (Wildman–Crippen MR) is 101 cm³/mol. The Bertz CT molecular complexity index is 781. The van der Waals surface area contributed by atoms with Crippen LogP contribution in [0.3, 0.4) is 0 Å². The number of ether oxygens (including phenoxy) is 1. The fraction of sp³-hybridized carbons (Fsp3) is 0.579. The Morgan fingerprint density at radius 2 is 2.15 bits per heavy atom. The summed E-state index contributed by atoms with van der Waals surface area (Å²) in [4.78, 5) is 25.1. The van der Waals surface area contributed by atoms with E-state index in [-0.39, 0.29) is 11.4 Å². The number of amides is 1. The van der Waals surface area contributed by atoms with Gasteiger partial charge in [0.1, 0.15) is 12.4 Å². The molecule has 1 aliphatic rings. The van der Waals surface area contributed by atoms with E-state index in [1.807, 2.05) is 24.1 Å². The largest absolute Gasteiger partial charge is 0.377 e. The van der Waals surface area contributed by atoms with Gasteiger partial charge in [-0.25, -0.2) is 4.98 Å². The number of nitrogens with zero attached hydrogens (tertiary/aromatic N) is 5. The molecule has 0 N–H and O–H groups in total. The highest BCUT2D eigenvalue weighted by Gasteiger charge is 2.36. The Hall–Kier alpha value is -2.48. The molecule has 0 unspecified atom stereocenters. The number of rotatable bonds is 6. The van der Waals surface area contributed by atoms with Crippen LogP contribution in [0.5, 0.6) is 0 Å². The smallest absolute Gasteiger partial charge is 0.259 e. The van der Waals surface area contributed by atoms with Gasteiger partial charge in [0, 0.05) is 51.3 Å². The highest BCUT2D eigenvalue weighted by molar-refractivity contribution is 5.79. The van der Waals surface area contributed by atoms with Crippen LogP contribution in [0.25, 0.3) is 11.5 Å². The molecule has 3 rings (SSSR count). The molecule has 2 aromatic heterocycles. The molecular weight excluding hydrogens is 346 g/mol. The summed E-state index contributed by atoms with van der Waals surface area (Å²) in [5, 5.41) is 3.86. The summed E-state index contributed by atoms with van der Waals surface area (Å²) in [6.07, 6.45) is 2.31. The first-order valence-electron chi connectivity index (χ1n) is 9.07. The van der Waals surface area contributed by atoms with E-state index < -0.39 is 0 Å². The zero-order valence-corrected chi connectivity index (χ0v) is 16.6. The molecule has 146 valence electrons. The lowest BCUT2D eigenvalue weighted by molar-refractivity contribution is -0.131. The second-order valence-electron chi connectivity index (χ2n) is 7.98. The molecule has 0 bridgehead atoms. The molecule has 0 aromatic carbocycles. The van der Waals surface area contributed by atoms with E-state index in [0.717, 1.165) is 24.5 Å². The van der Waals surface area contributed by atoms with E-state index in [4.69, 9.17) is 9.26 Å². The lowest BCUT2D eigenvalue weighted by atomic mass is 10.1. The Balaban J connectivity index is 1.62. The zero-order valence-electron chi connectivity index (χ0n) is 16.6. The minimum atomic E-state index is -0.129. The molecule has 0 radical (unpaired) electrons. The lowest BCUT2D eigenvalue weighted by Gasteiger charge is -2.32. The summed E-state index contributed by atoms with van der Waals surface area (Å²) in [5.74, 6) is 2.30. The molecule has 1 fully saturated rings. The number of anilines is 1. The number of hydrogen-bond donors (Lipinski definition) is 0. The maximum Gasteiger partial charge on any atom is 0.259 e. The van der Waals surface area contributed by atoms with Crippen LogP contribution in [0.1, 0.15) is 33.0 Å². The number of aromatic nitrogens is 3. The number of methoxy groups -OCH3 is 1. The van der Waals surface area contributed by atoms with Crippen molar-refractivity contribution in [3.05, 3.63) is 24.2 Å². The fourth-order valence-electron chi connectivity index (χ4n) is 3.33. The van der Waals surface area contributed by atoms with Crippen molar-refractivity contribution in [1.82, 2.24) is 20.0 Å². The van der Waals surface area contributed by atoms with Crippen molar-refractivity contribution in [2.45, 2.75) is 39.3 Å². The van der Waals surface area contributed by atoms with Gasteiger partial charge in [-0.3, -0.25) is 4.79 Å². The fourth-order valence-corrected chi connectivity index (χ4v) is 3.33. The van der Waals surface area contributed by atoms with Crippen molar-refractivity contribution in [3.63, 3.8) is 0 Å². The molecule has 1 amide bonds. The molecule has 2 aromatic rings. The Kier molecular flexibility index (Phi) is 5.46. The van der Waals surface area contributed by atoms with Gasteiger partial charge in [-0.1, -0.05) is 5.16 Å². The highest BCUT2D eigenvalue weighted by Crippen LogP contribution is 2.27. The SMILES string of the molecule is COCc1noc(-c2ccc(N(C)C[C@H]3CC(=O)N(C(C)(C)C)C3)nc2)n1. The topological polar surface area (TPSA) is 84.6 Å². The number of hydrogen-bond acceptors (Lipinski definition) is 7. The van der Waals surface area contributed by atoms with Gasteiger partial charge in [0.2, 0.25) is 5.91 Å². The van der Waals surface area contributed by atoms with Crippen LogP contribution in [-0.2, 0) is 16.1 Å². The first-order valence-corrected chi connectivity index (χ1v) is 9.07. The van der Waals surface area contributed by atoms with Gasteiger partial charge in [-0.05, 0) is 32.9 Å². The van der Waals surface area contributed by atoms with E-state index in [0.29, 0.717) is 30.7 Å². The van der Waals surface area contributed by atoms with Crippen molar-refractivity contribution < 1.29 is 14.1 Å². The van der Waals surface area contributed by atoms with Gasteiger partial charge < -0.3 is 19.1 Å². The average Bonchev–Trinajstić information content (AvgIpc) is 3.22. The zero-order chi connectivity index (χ0) is 19.6. The summed E-state index contributed by atoms with van der Waals surface area (Å²) in [5.41, 5.74) is 0.632. The van der Waals surface area contributed by atoms with Crippen LogP contribution in [0.4, 0.5) is 5.82 Å². The Morgan fingerprint density at radius 1 is 1.37 bits per heavy atom. The summed E-state index contributed by atoms with van der Waals surface area (Å²) in [6.45, 7) is 8.11. The first-order chi connectivity index (χ1) is 12.8. The standard InChI is InChI=1S/C19H27N5O3/c1-19(2,3)24-11-13(8-17(24)25)10-23(4)16-7-6-14(9-20-16)18-21-15(12-26-5)22-27-18/h6-7,9,13H,8,10-12H2,1-5H3/t13-/m1/s1. The summed E-state index contributed by atoms with van der Waals surface area (Å²) in [6, 6.07) is 3.83.